The zero-order chi connectivity index (χ0) is 14.7. The van der Waals surface area contributed by atoms with E-state index in [0.717, 1.165) is 17.1 Å². The van der Waals surface area contributed by atoms with Crippen molar-refractivity contribution >= 4 is 5.69 Å². The van der Waals surface area contributed by atoms with E-state index in [2.05, 4.69) is 15.0 Å². The second-order valence-electron chi connectivity index (χ2n) is 4.39. The van der Waals surface area contributed by atoms with Gasteiger partial charge >= 0.3 is 0 Å². The lowest BCUT2D eigenvalue weighted by molar-refractivity contribution is 0.325. The van der Waals surface area contributed by atoms with Crippen molar-refractivity contribution in [3.63, 3.8) is 0 Å². The van der Waals surface area contributed by atoms with Gasteiger partial charge in [0.15, 0.2) is 5.82 Å². The minimum Gasteiger partial charge on any atom is -0.477 e. The van der Waals surface area contributed by atoms with Crippen molar-refractivity contribution in [3.05, 3.63) is 49.1 Å². The van der Waals surface area contributed by atoms with E-state index in [-0.39, 0.29) is 0 Å². The Labute approximate surface area is 122 Å². The molecule has 3 rings (SSSR count). The number of rotatable bonds is 4. The highest BCUT2D eigenvalue weighted by atomic mass is 16.5. The summed E-state index contributed by atoms with van der Waals surface area (Å²) in [4.78, 5) is 13.0. The third kappa shape index (κ3) is 2.69. The number of hydrogen-bond acceptors (Lipinski definition) is 5. The first-order valence-corrected chi connectivity index (χ1v) is 6.62. The number of nitrogen functional groups attached to an aromatic ring is 1. The lowest BCUT2D eigenvalue weighted by atomic mass is 10.2. The van der Waals surface area contributed by atoms with Crippen LogP contribution in [0.25, 0.3) is 17.2 Å². The summed E-state index contributed by atoms with van der Waals surface area (Å²) in [6.45, 7) is 2.46. The standard InChI is InChI=1S/C15H15N5O/c1-2-21-14-10-17-9-13(19-14)20-8-7-18-15(20)11-3-5-12(16)6-4-11/h3-10H,2,16H2,1H3. The van der Waals surface area contributed by atoms with Gasteiger partial charge in [-0.15, -0.1) is 0 Å². The number of aromatic nitrogens is 4. The quantitative estimate of drug-likeness (QED) is 0.742. The van der Waals surface area contributed by atoms with Crippen molar-refractivity contribution in [1.29, 1.82) is 0 Å². The Hall–Kier alpha value is -2.89. The average molecular weight is 281 g/mol. The molecular weight excluding hydrogens is 266 g/mol. The molecule has 0 aliphatic rings. The van der Waals surface area contributed by atoms with Crippen LogP contribution in [0.4, 0.5) is 5.69 Å². The number of benzene rings is 1. The van der Waals surface area contributed by atoms with E-state index in [9.17, 15) is 0 Å². The van der Waals surface area contributed by atoms with Crippen LogP contribution in [-0.2, 0) is 0 Å². The molecule has 0 aliphatic carbocycles. The predicted octanol–water partition coefficient (Wildman–Crippen LogP) is 2.31. The van der Waals surface area contributed by atoms with E-state index < -0.39 is 0 Å². The average Bonchev–Trinajstić information content (AvgIpc) is 2.98. The molecule has 0 radical (unpaired) electrons. The Morgan fingerprint density at radius 2 is 2.00 bits per heavy atom. The fourth-order valence-corrected chi connectivity index (χ4v) is 2.01. The van der Waals surface area contributed by atoms with Crippen LogP contribution < -0.4 is 10.5 Å². The van der Waals surface area contributed by atoms with Crippen LogP contribution in [-0.4, -0.2) is 26.1 Å². The number of nitrogens with two attached hydrogens (primary N) is 1. The van der Waals surface area contributed by atoms with E-state index in [4.69, 9.17) is 10.5 Å². The first-order chi connectivity index (χ1) is 10.3. The largest absolute Gasteiger partial charge is 0.477 e. The van der Waals surface area contributed by atoms with Gasteiger partial charge < -0.3 is 10.5 Å². The molecule has 106 valence electrons. The molecule has 0 fully saturated rings. The zero-order valence-electron chi connectivity index (χ0n) is 11.6. The van der Waals surface area contributed by atoms with Crippen molar-refractivity contribution in [2.75, 3.05) is 12.3 Å². The SMILES string of the molecule is CCOc1cncc(-n2ccnc2-c2ccc(N)cc2)n1. The molecule has 0 atom stereocenters. The Bertz CT molecular complexity index is 736. The fourth-order valence-electron chi connectivity index (χ4n) is 2.01. The third-order valence-electron chi connectivity index (χ3n) is 2.95. The number of anilines is 1. The number of ether oxygens (including phenoxy) is 1. The van der Waals surface area contributed by atoms with E-state index >= 15 is 0 Å². The Kier molecular flexibility index (Phi) is 3.51. The summed E-state index contributed by atoms with van der Waals surface area (Å²) in [6.07, 6.45) is 6.82. The van der Waals surface area contributed by atoms with Crippen LogP contribution in [0, 0.1) is 0 Å². The van der Waals surface area contributed by atoms with Crippen LogP contribution in [0.5, 0.6) is 5.88 Å². The highest BCUT2D eigenvalue weighted by molar-refractivity contribution is 5.60. The van der Waals surface area contributed by atoms with Crippen molar-refractivity contribution in [2.24, 2.45) is 0 Å². The fraction of sp³-hybridized carbons (Fsp3) is 0.133. The van der Waals surface area contributed by atoms with E-state index in [0.29, 0.717) is 18.3 Å². The maximum atomic E-state index is 5.72. The molecule has 0 saturated heterocycles. The molecule has 0 saturated carbocycles. The lowest BCUT2D eigenvalue weighted by Gasteiger charge is -2.08. The molecule has 2 heterocycles. The summed E-state index contributed by atoms with van der Waals surface area (Å²) in [5, 5.41) is 0. The lowest BCUT2D eigenvalue weighted by Crippen LogP contribution is -2.03. The molecule has 0 spiro atoms. The van der Waals surface area contributed by atoms with Gasteiger partial charge in [0.25, 0.3) is 0 Å². The molecule has 0 bridgehead atoms. The van der Waals surface area contributed by atoms with Gasteiger partial charge in [-0.3, -0.25) is 9.55 Å². The van der Waals surface area contributed by atoms with Crippen LogP contribution in [0.15, 0.2) is 49.1 Å². The van der Waals surface area contributed by atoms with Crippen molar-refractivity contribution < 1.29 is 4.74 Å². The van der Waals surface area contributed by atoms with Crippen LogP contribution >= 0.6 is 0 Å². The van der Waals surface area contributed by atoms with Gasteiger partial charge in [-0.1, -0.05) is 0 Å². The molecule has 0 amide bonds. The van der Waals surface area contributed by atoms with Gasteiger partial charge in [0, 0.05) is 23.6 Å². The second-order valence-corrected chi connectivity index (χ2v) is 4.39. The molecule has 0 aliphatic heterocycles. The minimum atomic E-state index is 0.493. The van der Waals surface area contributed by atoms with E-state index in [1.807, 2.05) is 42.0 Å². The van der Waals surface area contributed by atoms with E-state index in [1.54, 1.807) is 18.6 Å². The summed E-state index contributed by atoms with van der Waals surface area (Å²) in [6, 6.07) is 7.54. The molecule has 6 nitrogen and oxygen atoms in total. The van der Waals surface area contributed by atoms with Crippen molar-refractivity contribution in [2.45, 2.75) is 6.92 Å². The van der Waals surface area contributed by atoms with Gasteiger partial charge in [0.1, 0.15) is 5.82 Å². The first kappa shape index (κ1) is 13.1. The maximum Gasteiger partial charge on any atom is 0.234 e. The topological polar surface area (TPSA) is 78.8 Å². The molecule has 3 aromatic rings. The minimum absolute atomic E-state index is 0.493. The molecule has 1 aromatic carbocycles. The van der Waals surface area contributed by atoms with Crippen molar-refractivity contribution in [3.8, 4) is 23.1 Å². The van der Waals surface area contributed by atoms with Gasteiger partial charge in [-0.2, -0.15) is 4.98 Å². The Morgan fingerprint density at radius 1 is 1.19 bits per heavy atom. The highest BCUT2D eigenvalue weighted by Crippen LogP contribution is 2.22. The monoisotopic (exact) mass is 281 g/mol. The maximum absolute atomic E-state index is 5.72. The van der Waals surface area contributed by atoms with Gasteiger partial charge in [0.05, 0.1) is 19.0 Å². The zero-order valence-corrected chi connectivity index (χ0v) is 11.6. The molecule has 6 heteroatoms. The molecule has 2 N–H and O–H groups in total. The smallest absolute Gasteiger partial charge is 0.234 e. The summed E-state index contributed by atoms with van der Waals surface area (Å²) in [5.41, 5.74) is 7.39. The van der Waals surface area contributed by atoms with Gasteiger partial charge in [0.2, 0.25) is 5.88 Å². The van der Waals surface area contributed by atoms with Gasteiger partial charge in [-0.05, 0) is 31.2 Å². The normalized spacial score (nSPS) is 10.5. The van der Waals surface area contributed by atoms with Crippen LogP contribution in [0.2, 0.25) is 0 Å². The summed E-state index contributed by atoms with van der Waals surface area (Å²) >= 11 is 0. The van der Waals surface area contributed by atoms with Crippen LogP contribution in [0.1, 0.15) is 6.92 Å². The molecule has 2 aromatic heterocycles. The molecular formula is C15H15N5O. The molecule has 0 unspecified atom stereocenters. The Morgan fingerprint density at radius 3 is 2.76 bits per heavy atom. The van der Waals surface area contributed by atoms with Crippen molar-refractivity contribution in [1.82, 2.24) is 19.5 Å². The summed E-state index contributed by atoms with van der Waals surface area (Å²) in [5.74, 6) is 1.93. The van der Waals surface area contributed by atoms with E-state index in [1.165, 1.54) is 0 Å². The Balaban J connectivity index is 2.02. The predicted molar refractivity (Wildman–Crippen MR) is 80.2 cm³/mol. The number of hydrogen-bond donors (Lipinski definition) is 1. The highest BCUT2D eigenvalue weighted by Gasteiger charge is 2.09. The first-order valence-electron chi connectivity index (χ1n) is 6.62. The summed E-state index contributed by atoms with van der Waals surface area (Å²) < 4.78 is 7.24. The second kappa shape index (κ2) is 5.62. The van der Waals surface area contributed by atoms with Crippen LogP contribution in [0.3, 0.4) is 0 Å². The molecule has 21 heavy (non-hydrogen) atoms. The number of imidazole rings is 1. The third-order valence-corrected chi connectivity index (χ3v) is 2.95. The van der Waals surface area contributed by atoms with Gasteiger partial charge in [-0.25, -0.2) is 4.98 Å². The summed E-state index contributed by atoms with van der Waals surface area (Å²) in [7, 11) is 0. The number of nitrogens with zero attached hydrogens (tertiary/aromatic N) is 4.